The van der Waals surface area contributed by atoms with E-state index in [1.807, 2.05) is 6.08 Å². The predicted octanol–water partition coefficient (Wildman–Crippen LogP) is 2.57. The van der Waals surface area contributed by atoms with Crippen molar-refractivity contribution in [2.75, 3.05) is 13.2 Å². The third-order valence-corrected chi connectivity index (χ3v) is 3.59. The first-order chi connectivity index (χ1) is 10.6. The first kappa shape index (κ1) is 16.5. The van der Waals surface area contributed by atoms with Crippen LogP contribution in [0.2, 0.25) is 0 Å². The van der Waals surface area contributed by atoms with Crippen molar-refractivity contribution in [3.63, 3.8) is 0 Å². The van der Waals surface area contributed by atoms with Crippen LogP contribution >= 0.6 is 0 Å². The quantitative estimate of drug-likeness (QED) is 0.849. The fourth-order valence-electron chi connectivity index (χ4n) is 2.33. The molecule has 0 saturated heterocycles. The first-order valence-electron chi connectivity index (χ1n) is 7.69. The average Bonchev–Trinajstić information content (AvgIpc) is 2.81. The van der Waals surface area contributed by atoms with Crippen LogP contribution in [0.15, 0.2) is 35.9 Å². The number of aliphatic hydroxyl groups is 1. The highest BCUT2D eigenvalue weighted by Crippen LogP contribution is 2.17. The second-order valence-corrected chi connectivity index (χ2v) is 5.46. The Labute approximate surface area is 130 Å². The molecule has 5 heteroatoms. The van der Waals surface area contributed by atoms with Gasteiger partial charge in [0.05, 0.1) is 0 Å². The maximum Gasteiger partial charge on any atom is 0.246 e. The standard InChI is InChI=1S/C17H22FNO3/c18-14-7-9-16(10-8-14)22-12-15(20)11-19-17(21)13-5-3-1-2-4-6-13/h5,7-10,15,20H,1-4,6,11-12H2,(H,19,21)/t15-/m0/s1. The molecular formula is C17H22FNO3. The van der Waals surface area contributed by atoms with Crippen molar-refractivity contribution in [3.05, 3.63) is 41.7 Å². The van der Waals surface area contributed by atoms with Gasteiger partial charge in [0.25, 0.3) is 0 Å². The molecule has 1 amide bonds. The smallest absolute Gasteiger partial charge is 0.246 e. The number of ether oxygens (including phenoxy) is 1. The summed E-state index contributed by atoms with van der Waals surface area (Å²) in [5, 5.41) is 12.6. The summed E-state index contributed by atoms with van der Waals surface area (Å²) < 4.78 is 18.1. The lowest BCUT2D eigenvalue weighted by Crippen LogP contribution is -2.36. The molecule has 0 bridgehead atoms. The molecule has 2 rings (SSSR count). The Morgan fingerprint density at radius 3 is 2.82 bits per heavy atom. The largest absolute Gasteiger partial charge is 0.491 e. The molecule has 0 heterocycles. The summed E-state index contributed by atoms with van der Waals surface area (Å²) in [5.74, 6) is 0.0397. The number of rotatable bonds is 6. The van der Waals surface area contributed by atoms with Gasteiger partial charge in [0.15, 0.2) is 0 Å². The zero-order valence-electron chi connectivity index (χ0n) is 12.6. The van der Waals surface area contributed by atoms with E-state index in [-0.39, 0.29) is 24.9 Å². The second-order valence-electron chi connectivity index (χ2n) is 5.46. The van der Waals surface area contributed by atoms with Gasteiger partial charge in [-0.1, -0.05) is 12.5 Å². The maximum atomic E-state index is 12.7. The molecule has 0 unspecified atom stereocenters. The van der Waals surface area contributed by atoms with E-state index in [0.29, 0.717) is 5.75 Å². The van der Waals surface area contributed by atoms with E-state index in [2.05, 4.69) is 5.32 Å². The van der Waals surface area contributed by atoms with Crippen molar-refractivity contribution in [1.29, 1.82) is 0 Å². The molecule has 2 N–H and O–H groups in total. The van der Waals surface area contributed by atoms with Crippen LogP contribution in [0.5, 0.6) is 5.75 Å². The average molecular weight is 307 g/mol. The van der Waals surface area contributed by atoms with Gasteiger partial charge >= 0.3 is 0 Å². The molecule has 0 spiro atoms. The highest BCUT2D eigenvalue weighted by Gasteiger charge is 2.13. The molecular weight excluding hydrogens is 285 g/mol. The van der Waals surface area contributed by atoms with E-state index >= 15 is 0 Å². The molecule has 4 nitrogen and oxygen atoms in total. The van der Waals surface area contributed by atoms with Gasteiger partial charge in [-0.05, 0) is 49.9 Å². The minimum Gasteiger partial charge on any atom is -0.491 e. The number of benzene rings is 1. The Balaban J connectivity index is 1.70. The van der Waals surface area contributed by atoms with E-state index in [4.69, 9.17) is 4.74 Å². The fourth-order valence-corrected chi connectivity index (χ4v) is 2.33. The lowest BCUT2D eigenvalue weighted by molar-refractivity contribution is -0.118. The molecule has 1 aliphatic carbocycles. The topological polar surface area (TPSA) is 58.6 Å². The molecule has 22 heavy (non-hydrogen) atoms. The van der Waals surface area contributed by atoms with E-state index in [9.17, 15) is 14.3 Å². The van der Waals surface area contributed by atoms with E-state index in [1.54, 1.807) is 0 Å². The first-order valence-corrected chi connectivity index (χ1v) is 7.69. The molecule has 120 valence electrons. The number of carbonyl (C=O) groups is 1. The molecule has 1 atom stereocenters. The molecule has 0 fully saturated rings. The zero-order valence-corrected chi connectivity index (χ0v) is 12.6. The van der Waals surface area contributed by atoms with Crippen LogP contribution in [0.1, 0.15) is 32.1 Å². The van der Waals surface area contributed by atoms with Crippen molar-refractivity contribution in [3.8, 4) is 5.75 Å². The summed E-state index contributed by atoms with van der Waals surface area (Å²) in [7, 11) is 0. The van der Waals surface area contributed by atoms with Gasteiger partial charge in [-0.15, -0.1) is 0 Å². The molecule has 1 aromatic carbocycles. The van der Waals surface area contributed by atoms with Gasteiger partial charge in [0, 0.05) is 12.1 Å². The summed E-state index contributed by atoms with van der Waals surface area (Å²) in [6.45, 7) is 0.183. The van der Waals surface area contributed by atoms with Crippen molar-refractivity contribution >= 4 is 5.91 Å². The van der Waals surface area contributed by atoms with Crippen molar-refractivity contribution in [1.82, 2.24) is 5.32 Å². The van der Waals surface area contributed by atoms with E-state index < -0.39 is 6.10 Å². The number of halogens is 1. The Morgan fingerprint density at radius 1 is 1.27 bits per heavy atom. The Hall–Kier alpha value is -1.88. The van der Waals surface area contributed by atoms with Crippen molar-refractivity contribution < 1.29 is 19.0 Å². The molecule has 1 aliphatic rings. The highest BCUT2D eigenvalue weighted by molar-refractivity contribution is 5.93. The van der Waals surface area contributed by atoms with Crippen molar-refractivity contribution in [2.24, 2.45) is 0 Å². The number of hydrogen-bond donors (Lipinski definition) is 2. The maximum absolute atomic E-state index is 12.7. The number of carbonyl (C=O) groups excluding carboxylic acids is 1. The minimum absolute atomic E-state index is 0.0466. The minimum atomic E-state index is -0.805. The van der Waals surface area contributed by atoms with Gasteiger partial charge in [0.2, 0.25) is 5.91 Å². The third kappa shape index (κ3) is 5.48. The fraction of sp³-hybridized carbons (Fsp3) is 0.471. The normalized spacial score (nSPS) is 16.4. The summed E-state index contributed by atoms with van der Waals surface area (Å²) >= 11 is 0. The Kier molecular flexibility index (Phi) is 6.40. The summed E-state index contributed by atoms with van der Waals surface area (Å²) in [4.78, 5) is 12.0. The van der Waals surface area contributed by atoms with Crippen LogP contribution in [0.3, 0.4) is 0 Å². The van der Waals surface area contributed by atoms with Gasteiger partial charge in [0.1, 0.15) is 24.3 Å². The molecule has 0 aliphatic heterocycles. The monoisotopic (exact) mass is 307 g/mol. The molecule has 0 aromatic heterocycles. The Morgan fingerprint density at radius 2 is 2.05 bits per heavy atom. The summed E-state index contributed by atoms with van der Waals surface area (Å²) in [6.07, 6.45) is 6.25. The lowest BCUT2D eigenvalue weighted by atomic mass is 10.1. The molecule has 0 saturated carbocycles. The van der Waals surface area contributed by atoms with Gasteiger partial charge in [-0.3, -0.25) is 4.79 Å². The van der Waals surface area contributed by atoms with Gasteiger partial charge in [-0.25, -0.2) is 4.39 Å². The summed E-state index contributed by atoms with van der Waals surface area (Å²) in [6, 6.07) is 5.58. The summed E-state index contributed by atoms with van der Waals surface area (Å²) in [5.41, 5.74) is 0.809. The number of hydrogen-bond acceptors (Lipinski definition) is 3. The van der Waals surface area contributed by atoms with E-state index in [0.717, 1.165) is 37.7 Å². The second kappa shape index (κ2) is 8.54. The van der Waals surface area contributed by atoms with Crippen LogP contribution < -0.4 is 10.1 Å². The van der Waals surface area contributed by atoms with Gasteiger partial charge < -0.3 is 15.2 Å². The van der Waals surface area contributed by atoms with Crippen LogP contribution in [-0.4, -0.2) is 30.3 Å². The van der Waals surface area contributed by atoms with Crippen molar-refractivity contribution in [2.45, 2.75) is 38.2 Å². The number of aliphatic hydroxyl groups excluding tert-OH is 1. The van der Waals surface area contributed by atoms with Crippen LogP contribution in [0, 0.1) is 5.82 Å². The number of amides is 1. The van der Waals surface area contributed by atoms with Crippen LogP contribution in [-0.2, 0) is 4.79 Å². The predicted molar refractivity (Wildman–Crippen MR) is 82.1 cm³/mol. The number of nitrogens with one attached hydrogen (secondary N) is 1. The lowest BCUT2D eigenvalue weighted by Gasteiger charge is -2.14. The van der Waals surface area contributed by atoms with Gasteiger partial charge in [-0.2, -0.15) is 0 Å². The van der Waals surface area contributed by atoms with E-state index in [1.165, 1.54) is 24.3 Å². The highest BCUT2D eigenvalue weighted by atomic mass is 19.1. The Bertz CT molecular complexity index is 513. The van der Waals surface area contributed by atoms with Crippen LogP contribution in [0.25, 0.3) is 0 Å². The molecule has 0 radical (unpaired) electrons. The van der Waals surface area contributed by atoms with Crippen LogP contribution in [0.4, 0.5) is 4.39 Å². The zero-order chi connectivity index (χ0) is 15.8. The number of allylic oxidation sites excluding steroid dienone is 1. The SMILES string of the molecule is O=C(NC[C@H](O)COc1ccc(F)cc1)C1=CCCCCC1. The molecule has 1 aromatic rings. The third-order valence-electron chi connectivity index (χ3n) is 3.59.